The monoisotopic (exact) mass is 476 g/mol. The molecular weight excluding hydrogens is 449 g/mol. The summed E-state index contributed by atoms with van der Waals surface area (Å²) in [6.45, 7) is 3.91. The van der Waals surface area contributed by atoms with Crippen LogP contribution >= 0.6 is 0 Å². The fourth-order valence-electron chi connectivity index (χ4n) is 3.89. The average Bonchev–Trinajstić information content (AvgIpc) is 3.42. The van der Waals surface area contributed by atoms with Gasteiger partial charge in [0.1, 0.15) is 11.5 Å². The number of carboxylic acids is 1. The molecule has 1 atom stereocenters. The third-order valence-corrected chi connectivity index (χ3v) is 5.70. The van der Waals surface area contributed by atoms with Gasteiger partial charge in [-0.2, -0.15) is 13.2 Å². The Balaban J connectivity index is 1.87. The number of halogens is 3. The summed E-state index contributed by atoms with van der Waals surface area (Å²) in [5, 5.41) is 11.4. The standard InChI is InChI=1S/C25H27F3N2O4/c1-3-16(2)30-18(6-4-7-19-8-5-13-34-19)10-12-22(30)24(33)29-21-14-17(15-23(31)32)9-11-20(21)25(26,27)28/h5,8-14,16H,3-4,6-7,15H2,1-2H3,(H,29,33)(H,31,32)/t16-/m0/s1. The second kappa shape index (κ2) is 10.6. The van der Waals surface area contributed by atoms with Crippen LogP contribution in [-0.4, -0.2) is 21.6 Å². The highest BCUT2D eigenvalue weighted by atomic mass is 19.4. The van der Waals surface area contributed by atoms with Gasteiger partial charge >= 0.3 is 12.1 Å². The van der Waals surface area contributed by atoms with Crippen molar-refractivity contribution in [1.82, 2.24) is 4.57 Å². The Labute approximate surface area is 195 Å². The molecule has 0 saturated carbocycles. The van der Waals surface area contributed by atoms with Gasteiger partial charge in [-0.1, -0.05) is 13.0 Å². The van der Waals surface area contributed by atoms with E-state index in [2.05, 4.69) is 5.32 Å². The van der Waals surface area contributed by atoms with Crippen molar-refractivity contribution < 1.29 is 32.3 Å². The second-order valence-electron chi connectivity index (χ2n) is 8.17. The van der Waals surface area contributed by atoms with E-state index in [0.717, 1.165) is 48.9 Å². The van der Waals surface area contributed by atoms with Crippen LogP contribution in [0.15, 0.2) is 53.1 Å². The SMILES string of the molecule is CC[C@H](C)n1c(CCCc2ccco2)ccc1C(=O)Nc1cc(CC(=O)O)ccc1C(F)(F)F. The molecule has 3 rings (SSSR count). The molecule has 0 spiro atoms. The maximum absolute atomic E-state index is 13.5. The predicted molar refractivity (Wildman–Crippen MR) is 121 cm³/mol. The number of aliphatic carboxylic acids is 1. The topological polar surface area (TPSA) is 84.5 Å². The van der Waals surface area contributed by atoms with Crippen molar-refractivity contribution in [2.24, 2.45) is 0 Å². The summed E-state index contributed by atoms with van der Waals surface area (Å²) in [5.41, 5.74) is -0.185. The van der Waals surface area contributed by atoms with Crippen molar-refractivity contribution in [3.8, 4) is 0 Å². The van der Waals surface area contributed by atoms with E-state index < -0.39 is 35.7 Å². The van der Waals surface area contributed by atoms with Gasteiger partial charge in [-0.25, -0.2) is 0 Å². The Bertz CT molecular complexity index is 1130. The quantitative estimate of drug-likeness (QED) is 0.369. The van der Waals surface area contributed by atoms with Gasteiger partial charge in [0.2, 0.25) is 0 Å². The first kappa shape index (κ1) is 25.1. The van der Waals surface area contributed by atoms with Gasteiger partial charge in [0.05, 0.1) is 23.9 Å². The van der Waals surface area contributed by atoms with Crippen molar-refractivity contribution in [2.45, 2.75) is 58.2 Å². The van der Waals surface area contributed by atoms with Gasteiger partial charge in [-0.3, -0.25) is 9.59 Å². The molecule has 34 heavy (non-hydrogen) atoms. The highest BCUT2D eigenvalue weighted by Gasteiger charge is 2.34. The van der Waals surface area contributed by atoms with Crippen LogP contribution in [0.2, 0.25) is 0 Å². The normalized spacial score (nSPS) is 12.5. The summed E-state index contributed by atoms with van der Waals surface area (Å²) in [4.78, 5) is 24.1. The maximum atomic E-state index is 13.5. The molecule has 2 aromatic heterocycles. The number of nitrogens with one attached hydrogen (secondary N) is 1. The number of carbonyl (C=O) groups excluding carboxylic acids is 1. The summed E-state index contributed by atoms with van der Waals surface area (Å²) in [6.07, 6.45) is -0.650. The molecule has 0 unspecified atom stereocenters. The van der Waals surface area contributed by atoms with Gasteiger partial charge in [0.25, 0.3) is 5.91 Å². The summed E-state index contributed by atoms with van der Waals surface area (Å²) in [6, 6.07) is 10.1. The Morgan fingerprint density at radius 3 is 2.53 bits per heavy atom. The second-order valence-corrected chi connectivity index (χ2v) is 8.17. The maximum Gasteiger partial charge on any atom is 0.418 e. The number of carboxylic acid groups (broad SMARTS) is 1. The van der Waals surface area contributed by atoms with Crippen LogP contribution in [0.25, 0.3) is 0 Å². The molecule has 0 aliphatic rings. The Morgan fingerprint density at radius 2 is 1.91 bits per heavy atom. The number of furan rings is 1. The fraction of sp³-hybridized carbons (Fsp3) is 0.360. The molecular formula is C25H27F3N2O4. The van der Waals surface area contributed by atoms with Gasteiger partial charge in [0.15, 0.2) is 0 Å². The molecule has 0 aliphatic carbocycles. The number of nitrogens with zero attached hydrogens (tertiary/aromatic N) is 1. The van der Waals surface area contributed by atoms with Crippen LogP contribution < -0.4 is 5.32 Å². The van der Waals surface area contributed by atoms with E-state index in [1.54, 1.807) is 12.3 Å². The number of anilines is 1. The zero-order valence-corrected chi connectivity index (χ0v) is 19.0. The van der Waals surface area contributed by atoms with E-state index >= 15 is 0 Å². The Morgan fingerprint density at radius 1 is 1.15 bits per heavy atom. The van der Waals surface area contributed by atoms with Gasteiger partial charge in [0, 0.05) is 18.2 Å². The molecule has 1 aromatic carbocycles. The minimum absolute atomic E-state index is 0.0465. The molecule has 0 radical (unpaired) electrons. The van der Waals surface area contributed by atoms with Crippen LogP contribution in [-0.2, 0) is 30.2 Å². The summed E-state index contributed by atoms with van der Waals surface area (Å²) >= 11 is 0. The molecule has 9 heteroatoms. The number of amides is 1. The lowest BCUT2D eigenvalue weighted by atomic mass is 10.1. The first-order valence-corrected chi connectivity index (χ1v) is 11.1. The number of benzene rings is 1. The van der Waals surface area contributed by atoms with Gasteiger partial charge in [-0.15, -0.1) is 0 Å². The van der Waals surface area contributed by atoms with Gasteiger partial charge < -0.3 is 19.4 Å². The third-order valence-electron chi connectivity index (χ3n) is 5.70. The van der Waals surface area contributed by atoms with Crippen molar-refractivity contribution in [1.29, 1.82) is 0 Å². The molecule has 6 nitrogen and oxygen atoms in total. The average molecular weight is 476 g/mol. The Hall–Kier alpha value is -3.49. The van der Waals surface area contributed by atoms with E-state index in [0.29, 0.717) is 6.42 Å². The lowest BCUT2D eigenvalue weighted by Gasteiger charge is -2.20. The van der Waals surface area contributed by atoms with E-state index in [9.17, 15) is 22.8 Å². The van der Waals surface area contributed by atoms with Gasteiger partial charge in [-0.05, 0) is 68.1 Å². The molecule has 0 bridgehead atoms. The number of hydrogen-bond donors (Lipinski definition) is 2. The van der Waals surface area contributed by atoms with Crippen molar-refractivity contribution >= 4 is 17.6 Å². The van der Waals surface area contributed by atoms with Crippen molar-refractivity contribution in [3.63, 3.8) is 0 Å². The van der Waals surface area contributed by atoms with Crippen LogP contribution in [0.4, 0.5) is 18.9 Å². The molecule has 0 aliphatic heterocycles. The number of hydrogen-bond acceptors (Lipinski definition) is 3. The summed E-state index contributed by atoms with van der Waals surface area (Å²) in [7, 11) is 0. The van der Waals surface area contributed by atoms with Crippen LogP contribution in [0, 0.1) is 0 Å². The molecule has 3 aromatic rings. The number of carbonyl (C=O) groups is 2. The Kier molecular flexibility index (Phi) is 7.86. The summed E-state index contributed by atoms with van der Waals surface area (Å²) < 4.78 is 47.8. The minimum atomic E-state index is -4.71. The van der Waals surface area contributed by atoms with E-state index in [1.807, 2.05) is 36.6 Å². The van der Waals surface area contributed by atoms with E-state index in [4.69, 9.17) is 9.52 Å². The largest absolute Gasteiger partial charge is 0.481 e. The smallest absolute Gasteiger partial charge is 0.418 e. The number of aromatic nitrogens is 1. The highest BCUT2D eigenvalue weighted by Crippen LogP contribution is 2.36. The molecule has 0 saturated heterocycles. The van der Waals surface area contributed by atoms with Crippen LogP contribution in [0.5, 0.6) is 0 Å². The number of aryl methyl sites for hydroxylation is 2. The predicted octanol–water partition coefficient (Wildman–Crippen LogP) is 6.13. The molecule has 2 heterocycles. The summed E-state index contributed by atoms with van der Waals surface area (Å²) in [5.74, 6) is -1.00. The van der Waals surface area contributed by atoms with Crippen molar-refractivity contribution in [2.75, 3.05) is 5.32 Å². The van der Waals surface area contributed by atoms with Crippen LogP contribution in [0.3, 0.4) is 0 Å². The number of rotatable bonds is 10. The van der Waals surface area contributed by atoms with E-state index in [-0.39, 0.29) is 17.3 Å². The third kappa shape index (κ3) is 6.09. The lowest BCUT2D eigenvalue weighted by Crippen LogP contribution is -2.22. The zero-order valence-electron chi connectivity index (χ0n) is 19.0. The van der Waals surface area contributed by atoms with Crippen molar-refractivity contribution in [3.05, 3.63) is 77.0 Å². The molecule has 2 N–H and O–H groups in total. The fourth-order valence-corrected chi connectivity index (χ4v) is 3.89. The highest BCUT2D eigenvalue weighted by molar-refractivity contribution is 6.04. The lowest BCUT2D eigenvalue weighted by molar-refractivity contribution is -0.137. The number of alkyl halides is 3. The molecule has 1 amide bonds. The minimum Gasteiger partial charge on any atom is -0.481 e. The van der Waals surface area contributed by atoms with Crippen LogP contribution in [0.1, 0.15) is 65.8 Å². The first-order valence-electron chi connectivity index (χ1n) is 11.1. The molecule has 0 fully saturated rings. The molecule has 182 valence electrons. The van der Waals surface area contributed by atoms with E-state index in [1.165, 1.54) is 0 Å². The first-order chi connectivity index (χ1) is 16.1. The zero-order chi connectivity index (χ0) is 24.9.